The molecule has 0 aromatic heterocycles. The molecule has 0 aromatic rings. The Hall–Kier alpha value is 0.500. The molecule has 1 aliphatic heterocycles. The summed E-state index contributed by atoms with van der Waals surface area (Å²) in [7, 11) is 2.00. The van der Waals surface area contributed by atoms with Gasteiger partial charge in [-0.15, -0.1) is 24.8 Å². The maximum atomic E-state index is 3.13. The fourth-order valence-corrected chi connectivity index (χ4v) is 0.875. The molecule has 0 atom stereocenters. The lowest BCUT2D eigenvalue weighted by Gasteiger charge is -2.30. The summed E-state index contributed by atoms with van der Waals surface area (Å²) in [6.45, 7) is 5.01. The smallest absolute Gasteiger partial charge is 0.0107 e. The molecule has 0 unspecified atom stereocenters. The van der Waals surface area contributed by atoms with E-state index in [1.54, 1.807) is 0 Å². The average Bonchev–Trinajstić information content (AvgIpc) is 1.63. The minimum atomic E-state index is 0. The van der Waals surface area contributed by atoms with Crippen molar-refractivity contribution in [3.05, 3.63) is 0 Å². The number of halogens is 2. The van der Waals surface area contributed by atoms with E-state index in [0.29, 0.717) is 0 Å². The summed E-state index contributed by atoms with van der Waals surface area (Å²) < 4.78 is 0. The van der Waals surface area contributed by atoms with Gasteiger partial charge >= 0.3 is 0 Å². The van der Waals surface area contributed by atoms with E-state index in [9.17, 15) is 0 Å². The molecule has 1 N–H and O–H groups in total. The van der Waals surface area contributed by atoms with E-state index in [4.69, 9.17) is 0 Å². The molecule has 0 saturated carbocycles. The van der Waals surface area contributed by atoms with Crippen LogP contribution < -0.4 is 5.32 Å². The van der Waals surface area contributed by atoms with Gasteiger partial charge in [-0.25, -0.2) is 0 Å². The molecule has 0 aliphatic carbocycles. The van der Waals surface area contributed by atoms with Crippen LogP contribution in [0.1, 0.15) is 6.42 Å². The zero-order valence-corrected chi connectivity index (χ0v) is 7.93. The molecule has 1 heterocycles. The molecule has 10 heavy (non-hydrogen) atoms. The largest absolute Gasteiger partial charge is 0.318 e. The molecule has 1 rings (SSSR count). The predicted octanol–water partition coefficient (Wildman–Crippen LogP) is 0.755. The van der Waals surface area contributed by atoms with E-state index in [2.05, 4.69) is 10.2 Å². The Morgan fingerprint density at radius 3 is 2.20 bits per heavy atom. The molecule has 1 saturated heterocycles. The third-order valence-electron chi connectivity index (χ3n) is 1.63. The van der Waals surface area contributed by atoms with Gasteiger partial charge in [-0.1, -0.05) is 0 Å². The zero-order chi connectivity index (χ0) is 5.82. The minimum Gasteiger partial charge on any atom is -0.318 e. The van der Waals surface area contributed by atoms with E-state index < -0.39 is 0 Å². The van der Waals surface area contributed by atoms with Gasteiger partial charge < -0.3 is 10.2 Å². The second kappa shape index (κ2) is 7.61. The standard InChI is InChI=1S/C6H14N2.2ClH/c1-7-3-6-8-4-2-5-8;;/h7H,2-6H2,1H3;2*1H. The number of nitrogens with one attached hydrogen (secondary N) is 1. The summed E-state index contributed by atoms with van der Waals surface area (Å²) in [5.41, 5.74) is 0. The van der Waals surface area contributed by atoms with Gasteiger partial charge in [0.2, 0.25) is 0 Å². The summed E-state index contributed by atoms with van der Waals surface area (Å²) in [5, 5.41) is 3.13. The summed E-state index contributed by atoms with van der Waals surface area (Å²) in [4.78, 5) is 2.45. The second-order valence-corrected chi connectivity index (χ2v) is 2.30. The highest BCUT2D eigenvalue weighted by molar-refractivity contribution is 5.85. The summed E-state index contributed by atoms with van der Waals surface area (Å²) in [6, 6.07) is 0. The number of nitrogens with zero attached hydrogens (tertiary/aromatic N) is 1. The molecule has 4 heteroatoms. The second-order valence-electron chi connectivity index (χ2n) is 2.30. The Kier molecular flexibility index (Phi) is 9.97. The highest BCUT2D eigenvalue weighted by Crippen LogP contribution is 2.02. The maximum Gasteiger partial charge on any atom is 0.0107 e. The lowest BCUT2D eigenvalue weighted by molar-refractivity contribution is 0.184. The van der Waals surface area contributed by atoms with Gasteiger partial charge in [-0.2, -0.15) is 0 Å². The third kappa shape index (κ3) is 4.34. The molecular formula is C6H16Cl2N2. The van der Waals surface area contributed by atoms with Crippen molar-refractivity contribution in [2.24, 2.45) is 0 Å². The SMILES string of the molecule is CNCCN1CCC1.Cl.Cl. The van der Waals surface area contributed by atoms with Crippen molar-refractivity contribution in [1.82, 2.24) is 10.2 Å². The third-order valence-corrected chi connectivity index (χ3v) is 1.63. The van der Waals surface area contributed by atoms with Gasteiger partial charge in [0, 0.05) is 13.1 Å². The first-order valence-electron chi connectivity index (χ1n) is 3.30. The Bertz CT molecular complexity index is 66.8. The molecule has 0 bridgehead atoms. The van der Waals surface area contributed by atoms with Crippen LogP contribution >= 0.6 is 24.8 Å². The normalized spacial score (nSPS) is 16.5. The highest BCUT2D eigenvalue weighted by atomic mass is 35.5. The molecule has 2 nitrogen and oxygen atoms in total. The quantitative estimate of drug-likeness (QED) is 0.701. The maximum absolute atomic E-state index is 3.13. The van der Waals surface area contributed by atoms with E-state index in [-0.39, 0.29) is 24.8 Å². The van der Waals surface area contributed by atoms with E-state index in [1.807, 2.05) is 7.05 Å². The van der Waals surface area contributed by atoms with Crippen molar-refractivity contribution in [3.63, 3.8) is 0 Å². The highest BCUT2D eigenvalue weighted by Gasteiger charge is 2.11. The lowest BCUT2D eigenvalue weighted by Crippen LogP contribution is -2.40. The van der Waals surface area contributed by atoms with Crippen LogP contribution in [0.15, 0.2) is 0 Å². The van der Waals surface area contributed by atoms with Crippen LogP contribution in [0.25, 0.3) is 0 Å². The monoisotopic (exact) mass is 186 g/mol. The van der Waals surface area contributed by atoms with Gasteiger partial charge in [0.1, 0.15) is 0 Å². The van der Waals surface area contributed by atoms with Crippen molar-refractivity contribution < 1.29 is 0 Å². The van der Waals surface area contributed by atoms with Crippen molar-refractivity contribution in [3.8, 4) is 0 Å². The number of hydrogen-bond acceptors (Lipinski definition) is 2. The fraction of sp³-hybridized carbons (Fsp3) is 1.00. The van der Waals surface area contributed by atoms with Crippen molar-refractivity contribution in [2.75, 3.05) is 33.2 Å². The van der Waals surface area contributed by atoms with Gasteiger partial charge in [0.05, 0.1) is 0 Å². The molecule has 0 radical (unpaired) electrons. The first-order chi connectivity index (χ1) is 3.93. The van der Waals surface area contributed by atoms with Gasteiger partial charge in [-0.3, -0.25) is 0 Å². The van der Waals surface area contributed by atoms with Crippen LogP contribution in [0.2, 0.25) is 0 Å². The number of likely N-dealkylation sites (N-methyl/N-ethyl adjacent to an activating group) is 1. The summed E-state index contributed by atoms with van der Waals surface area (Å²) >= 11 is 0. The molecule has 1 aliphatic rings. The Morgan fingerprint density at radius 1 is 1.30 bits per heavy atom. The Labute approximate surface area is 75.2 Å². The first-order valence-corrected chi connectivity index (χ1v) is 3.30. The minimum absolute atomic E-state index is 0. The van der Waals surface area contributed by atoms with E-state index >= 15 is 0 Å². The molecular weight excluding hydrogens is 171 g/mol. The molecule has 0 amide bonds. The van der Waals surface area contributed by atoms with Gasteiger partial charge in [-0.05, 0) is 26.6 Å². The molecule has 1 fully saturated rings. The van der Waals surface area contributed by atoms with Crippen LogP contribution in [0.5, 0.6) is 0 Å². The Balaban J connectivity index is 0. The topological polar surface area (TPSA) is 15.3 Å². The van der Waals surface area contributed by atoms with Crippen molar-refractivity contribution in [2.45, 2.75) is 6.42 Å². The zero-order valence-electron chi connectivity index (χ0n) is 6.30. The van der Waals surface area contributed by atoms with Crippen LogP contribution in [0, 0.1) is 0 Å². The number of rotatable bonds is 3. The number of likely N-dealkylation sites (tertiary alicyclic amines) is 1. The van der Waals surface area contributed by atoms with E-state index in [1.165, 1.54) is 26.1 Å². The first kappa shape index (κ1) is 13.1. The van der Waals surface area contributed by atoms with Crippen LogP contribution in [0.4, 0.5) is 0 Å². The van der Waals surface area contributed by atoms with Gasteiger partial charge in [0.25, 0.3) is 0 Å². The van der Waals surface area contributed by atoms with Crippen LogP contribution in [-0.4, -0.2) is 38.1 Å². The molecule has 0 spiro atoms. The predicted molar refractivity (Wildman–Crippen MR) is 49.5 cm³/mol. The van der Waals surface area contributed by atoms with Gasteiger partial charge in [0.15, 0.2) is 0 Å². The Morgan fingerprint density at radius 2 is 1.90 bits per heavy atom. The lowest BCUT2D eigenvalue weighted by atomic mass is 10.2. The molecule has 64 valence electrons. The van der Waals surface area contributed by atoms with Crippen molar-refractivity contribution >= 4 is 24.8 Å². The molecule has 0 aromatic carbocycles. The average molecular weight is 187 g/mol. The van der Waals surface area contributed by atoms with Crippen LogP contribution in [-0.2, 0) is 0 Å². The van der Waals surface area contributed by atoms with E-state index in [0.717, 1.165) is 6.54 Å². The number of hydrogen-bond donors (Lipinski definition) is 1. The fourth-order valence-electron chi connectivity index (χ4n) is 0.875. The van der Waals surface area contributed by atoms with Crippen molar-refractivity contribution in [1.29, 1.82) is 0 Å². The van der Waals surface area contributed by atoms with Crippen LogP contribution in [0.3, 0.4) is 0 Å². The summed E-state index contributed by atoms with van der Waals surface area (Å²) in [5.74, 6) is 0. The summed E-state index contributed by atoms with van der Waals surface area (Å²) in [6.07, 6.45) is 1.41.